The molecule has 1 saturated carbocycles. The molecular weight excluding hydrogens is 565 g/mol. The van der Waals surface area contributed by atoms with E-state index in [9.17, 15) is 4.79 Å². The predicted octanol–water partition coefficient (Wildman–Crippen LogP) is 8.54. The van der Waals surface area contributed by atoms with Crippen molar-refractivity contribution in [2.75, 3.05) is 13.2 Å². The summed E-state index contributed by atoms with van der Waals surface area (Å²) >= 11 is 0. The topological polar surface area (TPSA) is 76.4 Å². The van der Waals surface area contributed by atoms with Crippen molar-refractivity contribution in [3.8, 4) is 0 Å². The van der Waals surface area contributed by atoms with Gasteiger partial charge in [-0.1, -0.05) is 66.9 Å². The third-order valence-corrected chi connectivity index (χ3v) is 9.56. The van der Waals surface area contributed by atoms with Crippen LogP contribution >= 0.6 is 0 Å². The molecule has 4 N–H and O–H groups in total. The van der Waals surface area contributed by atoms with Gasteiger partial charge in [0.1, 0.15) is 11.9 Å². The lowest BCUT2D eigenvalue weighted by molar-refractivity contribution is -0.112. The number of nitrogens with one attached hydrogen (secondary N) is 2. The molecule has 1 aromatic rings. The Kier molecular flexibility index (Phi) is 16.5. The fraction of sp³-hybridized carbons (Fsp3) is 0.625. The van der Waals surface area contributed by atoms with Crippen LogP contribution in [0.5, 0.6) is 0 Å². The Bertz CT molecular complexity index is 1210. The van der Waals surface area contributed by atoms with Gasteiger partial charge in [-0.25, -0.2) is 0 Å². The van der Waals surface area contributed by atoms with E-state index in [0.29, 0.717) is 30.5 Å². The molecule has 6 heteroatoms. The zero-order chi connectivity index (χ0) is 34.3. The molecule has 0 spiro atoms. The summed E-state index contributed by atoms with van der Waals surface area (Å²) in [4.78, 5) is 11.6. The molecule has 254 valence electrons. The molecule has 1 aliphatic rings. The molecule has 1 aliphatic carbocycles. The first kappa shape index (κ1) is 39.5. The molecule has 0 heterocycles. The minimum atomic E-state index is -0.584. The summed E-state index contributed by atoms with van der Waals surface area (Å²) in [6.07, 6.45) is 17.3. The van der Waals surface area contributed by atoms with Gasteiger partial charge >= 0.3 is 0 Å². The smallest absolute Gasteiger partial charge is 0.123 e. The summed E-state index contributed by atoms with van der Waals surface area (Å²) in [6.45, 7) is 23.1. The number of hydrogen-bond acceptors (Lipinski definition) is 5. The third kappa shape index (κ3) is 14.0. The first-order valence-electron chi connectivity index (χ1n) is 17.5. The van der Waals surface area contributed by atoms with Crippen molar-refractivity contribution in [1.82, 2.24) is 10.6 Å². The number of aldehydes is 1. The SMILES string of the molecule is [B]Cc1ccc(CC2CC(C)CC(C=O)C2)c(C(=C)NC(C)(C)CCOC(C)(C)/C(N)=C/NCCC/C(C)=C/CC/C(C)=C/C)c1. The van der Waals surface area contributed by atoms with Gasteiger partial charge in [0.15, 0.2) is 0 Å². The molecule has 46 heavy (non-hydrogen) atoms. The molecule has 0 aliphatic heterocycles. The lowest BCUT2D eigenvalue weighted by Crippen LogP contribution is -2.41. The van der Waals surface area contributed by atoms with Gasteiger partial charge in [0, 0.05) is 35.5 Å². The van der Waals surface area contributed by atoms with E-state index in [2.05, 4.69) is 89.1 Å². The Hall–Kier alpha value is -2.73. The van der Waals surface area contributed by atoms with Gasteiger partial charge in [0.05, 0.1) is 20.2 Å². The molecule has 0 aromatic heterocycles. The number of hydrogen-bond donors (Lipinski definition) is 3. The number of carbonyl (C=O) groups is 1. The van der Waals surface area contributed by atoms with Crippen LogP contribution in [0.2, 0.25) is 0 Å². The van der Waals surface area contributed by atoms with Gasteiger partial charge in [0.2, 0.25) is 0 Å². The van der Waals surface area contributed by atoms with Gasteiger partial charge in [-0.15, -0.1) is 0 Å². The Labute approximate surface area is 283 Å². The molecule has 5 nitrogen and oxygen atoms in total. The third-order valence-electron chi connectivity index (χ3n) is 9.56. The Morgan fingerprint density at radius 1 is 1.13 bits per heavy atom. The van der Waals surface area contributed by atoms with Crippen molar-refractivity contribution in [3.05, 3.63) is 76.7 Å². The van der Waals surface area contributed by atoms with E-state index in [1.807, 2.05) is 20.0 Å². The lowest BCUT2D eigenvalue weighted by atomic mass is 9.74. The van der Waals surface area contributed by atoms with Crippen molar-refractivity contribution in [1.29, 1.82) is 0 Å². The Balaban J connectivity index is 1.89. The summed E-state index contributed by atoms with van der Waals surface area (Å²) in [5.74, 6) is 1.24. The minimum absolute atomic E-state index is 0.170. The maximum Gasteiger partial charge on any atom is 0.123 e. The first-order chi connectivity index (χ1) is 21.7. The van der Waals surface area contributed by atoms with Gasteiger partial charge in [-0.2, -0.15) is 0 Å². The molecule has 1 fully saturated rings. The maximum absolute atomic E-state index is 11.6. The average molecular weight is 630 g/mol. The van der Waals surface area contributed by atoms with E-state index in [-0.39, 0.29) is 11.5 Å². The predicted molar refractivity (Wildman–Crippen MR) is 198 cm³/mol. The molecule has 2 radical (unpaired) electrons. The van der Waals surface area contributed by atoms with Crippen molar-refractivity contribution < 1.29 is 9.53 Å². The highest BCUT2D eigenvalue weighted by molar-refractivity contribution is 6.08. The second-order valence-electron chi connectivity index (χ2n) is 15.0. The lowest BCUT2D eigenvalue weighted by Gasteiger charge is -2.33. The summed E-state index contributed by atoms with van der Waals surface area (Å²) in [5.41, 5.74) is 13.6. The molecule has 0 amide bonds. The van der Waals surface area contributed by atoms with Gasteiger partial charge in [0.25, 0.3) is 0 Å². The molecular formula is C40H64BN3O2. The van der Waals surface area contributed by atoms with Crippen LogP contribution in [0.15, 0.2) is 60.0 Å². The number of carbonyl (C=O) groups excluding carboxylic acids is 1. The van der Waals surface area contributed by atoms with E-state index in [4.69, 9.17) is 18.3 Å². The fourth-order valence-corrected chi connectivity index (χ4v) is 6.40. The fourth-order valence-electron chi connectivity index (χ4n) is 6.40. The van der Waals surface area contributed by atoms with Crippen molar-refractivity contribution in [2.24, 2.45) is 23.5 Å². The summed E-state index contributed by atoms with van der Waals surface area (Å²) in [5, 5.41) is 7.07. The maximum atomic E-state index is 11.6. The molecule has 3 unspecified atom stereocenters. The number of nitrogens with two attached hydrogens (primary N) is 1. The number of benzene rings is 1. The number of rotatable bonds is 20. The molecule has 0 saturated heterocycles. The quantitative estimate of drug-likeness (QED) is 0.0583. The Morgan fingerprint density at radius 2 is 1.87 bits per heavy atom. The van der Waals surface area contributed by atoms with E-state index in [1.165, 1.54) is 16.7 Å². The van der Waals surface area contributed by atoms with Crippen LogP contribution in [-0.4, -0.2) is 38.4 Å². The highest BCUT2D eigenvalue weighted by atomic mass is 16.5. The van der Waals surface area contributed by atoms with E-state index in [1.54, 1.807) is 0 Å². The van der Waals surface area contributed by atoms with Crippen LogP contribution in [-0.2, 0) is 22.3 Å². The van der Waals surface area contributed by atoms with Crippen LogP contribution in [0.1, 0.15) is 123 Å². The van der Waals surface area contributed by atoms with E-state index >= 15 is 0 Å². The van der Waals surface area contributed by atoms with Crippen molar-refractivity contribution in [2.45, 2.75) is 131 Å². The monoisotopic (exact) mass is 630 g/mol. The normalized spacial score (nSPS) is 20.0. The van der Waals surface area contributed by atoms with Gasteiger partial charge in [-0.3, -0.25) is 0 Å². The number of ether oxygens (including phenoxy) is 1. The van der Waals surface area contributed by atoms with Crippen LogP contribution in [0.3, 0.4) is 0 Å². The summed E-state index contributed by atoms with van der Waals surface area (Å²) in [6, 6.07) is 6.49. The standard InChI is InChI=1S/C40H64BN3O2/c1-10-29(2)13-11-14-30(3)15-12-19-43-27-38(42)40(8,9)46-20-18-39(6,7)44-32(5)37-25-33(26-41)16-17-36(37)24-34-21-31(4)22-35(23-34)28-45/h10,14,16-17,25,27-28,31,34-35,43-44H,5,11-13,15,18-24,26,42H2,1-4,6-9H3/b29-10+,30-14+,38-27-. The average Bonchev–Trinajstić information content (AvgIpc) is 2.99. The van der Waals surface area contributed by atoms with Crippen LogP contribution in [0.4, 0.5) is 0 Å². The second-order valence-corrected chi connectivity index (χ2v) is 15.0. The van der Waals surface area contributed by atoms with Crippen LogP contribution in [0, 0.1) is 17.8 Å². The second kappa shape index (κ2) is 19.2. The Morgan fingerprint density at radius 3 is 2.54 bits per heavy atom. The highest BCUT2D eigenvalue weighted by Crippen LogP contribution is 2.35. The number of allylic oxidation sites excluding steroid dienone is 4. The molecule has 1 aromatic carbocycles. The van der Waals surface area contributed by atoms with Crippen molar-refractivity contribution >= 4 is 19.8 Å². The van der Waals surface area contributed by atoms with Gasteiger partial charge in [-0.05, 0) is 124 Å². The summed E-state index contributed by atoms with van der Waals surface area (Å²) < 4.78 is 6.31. The minimum Gasteiger partial charge on any atom is -0.399 e. The molecule has 2 rings (SSSR count). The van der Waals surface area contributed by atoms with E-state index < -0.39 is 5.60 Å². The largest absolute Gasteiger partial charge is 0.399 e. The van der Waals surface area contributed by atoms with Crippen molar-refractivity contribution in [3.63, 3.8) is 0 Å². The highest BCUT2D eigenvalue weighted by Gasteiger charge is 2.28. The molecule has 0 bridgehead atoms. The zero-order valence-corrected chi connectivity index (χ0v) is 30.4. The van der Waals surface area contributed by atoms with Gasteiger partial charge < -0.3 is 25.9 Å². The summed E-state index contributed by atoms with van der Waals surface area (Å²) in [7, 11) is 6.02. The zero-order valence-electron chi connectivity index (χ0n) is 30.4. The molecule has 3 atom stereocenters. The van der Waals surface area contributed by atoms with Crippen LogP contribution < -0.4 is 16.4 Å². The first-order valence-corrected chi connectivity index (χ1v) is 17.5. The van der Waals surface area contributed by atoms with Crippen LogP contribution in [0.25, 0.3) is 5.70 Å². The van der Waals surface area contributed by atoms with E-state index in [0.717, 1.165) is 87.4 Å².